The van der Waals surface area contributed by atoms with Gasteiger partial charge in [0.2, 0.25) is 0 Å². The lowest BCUT2D eigenvalue weighted by molar-refractivity contribution is -0.132. The zero-order chi connectivity index (χ0) is 32.5. The van der Waals surface area contributed by atoms with E-state index < -0.39 is 35.5 Å². The average Bonchev–Trinajstić information content (AvgIpc) is 2.96. The van der Waals surface area contributed by atoms with E-state index in [1.807, 2.05) is 0 Å². The highest BCUT2D eigenvalue weighted by Crippen LogP contribution is 2.23. The van der Waals surface area contributed by atoms with E-state index in [9.17, 15) is 28.8 Å². The zero-order valence-corrected chi connectivity index (χ0v) is 24.5. The molecule has 0 aliphatic rings. The molecule has 0 fully saturated rings. The molecule has 0 saturated carbocycles. The fourth-order valence-corrected chi connectivity index (χ4v) is 4.24. The molecule has 2 amide bonds. The molecule has 0 aliphatic heterocycles. The Balaban J connectivity index is 1.65. The molecule has 4 rings (SSSR count). The number of ether oxygens (including phenoxy) is 3. The number of ketones is 1. The summed E-state index contributed by atoms with van der Waals surface area (Å²) in [5, 5.41) is 5.37. The van der Waals surface area contributed by atoms with Gasteiger partial charge >= 0.3 is 17.9 Å². The number of nitrogens with one attached hydrogen (secondary N) is 2. The van der Waals surface area contributed by atoms with Gasteiger partial charge in [0.1, 0.15) is 17.2 Å². The van der Waals surface area contributed by atoms with E-state index in [0.717, 1.165) is 0 Å². The van der Waals surface area contributed by atoms with Crippen molar-refractivity contribution in [1.82, 2.24) is 0 Å². The predicted molar refractivity (Wildman–Crippen MR) is 164 cm³/mol. The van der Waals surface area contributed by atoms with Gasteiger partial charge in [0, 0.05) is 67.4 Å². The Morgan fingerprint density at radius 1 is 0.511 bits per heavy atom. The molecular formula is C34H28N2O9. The fourth-order valence-electron chi connectivity index (χ4n) is 4.24. The summed E-state index contributed by atoms with van der Waals surface area (Å²) in [5.74, 6) is -2.54. The molecule has 11 nitrogen and oxygen atoms in total. The quantitative estimate of drug-likeness (QED) is 0.137. The van der Waals surface area contributed by atoms with Gasteiger partial charge in [-0.15, -0.1) is 0 Å². The molecule has 228 valence electrons. The molecule has 0 spiro atoms. The second kappa shape index (κ2) is 14.4. The molecule has 0 aromatic heterocycles. The second-order valence-electron chi connectivity index (χ2n) is 9.79. The summed E-state index contributed by atoms with van der Waals surface area (Å²) in [6, 6.07) is 22.8. The van der Waals surface area contributed by atoms with Crippen LogP contribution >= 0.6 is 0 Å². The summed E-state index contributed by atoms with van der Waals surface area (Å²) < 4.78 is 15.2. The number of amides is 2. The van der Waals surface area contributed by atoms with Crippen molar-refractivity contribution in [3.05, 3.63) is 113 Å². The lowest BCUT2D eigenvalue weighted by Crippen LogP contribution is -2.18. The van der Waals surface area contributed by atoms with E-state index >= 15 is 0 Å². The number of benzene rings is 4. The van der Waals surface area contributed by atoms with E-state index in [4.69, 9.17) is 14.2 Å². The first-order valence-corrected chi connectivity index (χ1v) is 13.6. The van der Waals surface area contributed by atoms with Gasteiger partial charge in [-0.3, -0.25) is 28.8 Å². The van der Waals surface area contributed by atoms with Gasteiger partial charge in [0.05, 0.1) is 0 Å². The van der Waals surface area contributed by atoms with Gasteiger partial charge in [-0.2, -0.15) is 0 Å². The summed E-state index contributed by atoms with van der Waals surface area (Å²) >= 11 is 0. The summed E-state index contributed by atoms with van der Waals surface area (Å²) in [5.41, 5.74) is 1.26. The lowest BCUT2D eigenvalue weighted by Gasteiger charge is -2.12. The summed E-state index contributed by atoms with van der Waals surface area (Å²) in [6.07, 6.45) is -0.115. The van der Waals surface area contributed by atoms with E-state index in [2.05, 4.69) is 10.6 Å². The van der Waals surface area contributed by atoms with Crippen LogP contribution in [0.25, 0.3) is 0 Å². The van der Waals surface area contributed by atoms with Gasteiger partial charge in [-0.1, -0.05) is 24.3 Å². The average molecular weight is 609 g/mol. The highest BCUT2D eigenvalue weighted by molar-refractivity contribution is 6.11. The van der Waals surface area contributed by atoms with Gasteiger partial charge in [-0.05, 0) is 60.2 Å². The summed E-state index contributed by atoms with van der Waals surface area (Å²) in [6.45, 7) is 3.76. The molecule has 0 atom stereocenters. The molecular weight excluding hydrogens is 580 g/mol. The van der Waals surface area contributed by atoms with Crippen molar-refractivity contribution in [2.45, 2.75) is 27.2 Å². The van der Waals surface area contributed by atoms with Crippen molar-refractivity contribution in [3.63, 3.8) is 0 Å². The largest absolute Gasteiger partial charge is 0.427 e. The molecule has 0 heterocycles. The first-order valence-electron chi connectivity index (χ1n) is 13.6. The van der Waals surface area contributed by atoms with Crippen molar-refractivity contribution in [2.24, 2.45) is 0 Å². The van der Waals surface area contributed by atoms with Crippen molar-refractivity contribution in [1.29, 1.82) is 0 Å². The number of hydrogen-bond donors (Lipinski definition) is 2. The Morgan fingerprint density at radius 2 is 0.911 bits per heavy atom. The van der Waals surface area contributed by atoms with Crippen LogP contribution in [0, 0.1) is 0 Å². The van der Waals surface area contributed by atoms with Gasteiger partial charge in [-0.25, -0.2) is 0 Å². The van der Waals surface area contributed by atoms with E-state index in [1.54, 1.807) is 60.7 Å². The van der Waals surface area contributed by atoms with Crippen LogP contribution in [0.3, 0.4) is 0 Å². The third-order valence-electron chi connectivity index (χ3n) is 6.01. The highest BCUT2D eigenvalue weighted by atomic mass is 16.5. The Kier molecular flexibility index (Phi) is 10.2. The number of anilines is 2. The number of hydrogen-bond acceptors (Lipinski definition) is 9. The van der Waals surface area contributed by atoms with Gasteiger partial charge < -0.3 is 24.8 Å². The van der Waals surface area contributed by atoms with Crippen LogP contribution in [-0.4, -0.2) is 35.5 Å². The summed E-state index contributed by atoms with van der Waals surface area (Å²) in [4.78, 5) is 74.2. The summed E-state index contributed by atoms with van der Waals surface area (Å²) in [7, 11) is 0. The minimum atomic E-state index is -0.632. The van der Waals surface area contributed by atoms with Crippen molar-refractivity contribution >= 4 is 46.9 Å². The van der Waals surface area contributed by atoms with E-state index in [-0.39, 0.29) is 40.4 Å². The van der Waals surface area contributed by atoms with Crippen LogP contribution in [0.5, 0.6) is 17.2 Å². The number of rotatable bonds is 10. The molecule has 4 aromatic rings. The van der Waals surface area contributed by atoms with Crippen LogP contribution in [0.2, 0.25) is 0 Å². The minimum Gasteiger partial charge on any atom is -0.427 e. The normalized spacial score (nSPS) is 10.3. The predicted octanol–water partition coefficient (Wildman–Crippen LogP) is 5.39. The number of esters is 3. The maximum absolute atomic E-state index is 13.4. The van der Waals surface area contributed by atoms with Crippen LogP contribution in [-0.2, 0) is 20.8 Å². The molecule has 0 bridgehead atoms. The third kappa shape index (κ3) is 9.45. The number of carbonyl (C=O) groups is 6. The van der Waals surface area contributed by atoms with Crippen molar-refractivity contribution in [3.8, 4) is 17.2 Å². The van der Waals surface area contributed by atoms with Crippen molar-refractivity contribution < 1.29 is 43.0 Å². The maximum atomic E-state index is 13.4. The number of Topliss-reactive ketones (excluding diaryl/α,β-unsaturated/α-hetero) is 1. The maximum Gasteiger partial charge on any atom is 0.308 e. The fraction of sp³-hybridized carbons (Fsp3) is 0.118. The SMILES string of the molecule is CC(=O)Oc1cccc(CC(=O)c2cc(C(=O)Nc3cccc(OC(C)=O)c3)cc(C(=O)Nc3cccc(OC(C)=O)c3)c2)c1. The second-order valence-corrected chi connectivity index (χ2v) is 9.79. The first-order chi connectivity index (χ1) is 21.4. The smallest absolute Gasteiger partial charge is 0.308 e. The van der Waals surface area contributed by atoms with E-state index in [0.29, 0.717) is 16.9 Å². The first kappa shape index (κ1) is 31.8. The molecule has 2 N–H and O–H groups in total. The Bertz CT molecular complexity index is 1590. The van der Waals surface area contributed by atoms with Crippen LogP contribution in [0.4, 0.5) is 11.4 Å². The number of carbonyl (C=O) groups excluding carboxylic acids is 6. The molecule has 0 radical (unpaired) electrons. The molecule has 45 heavy (non-hydrogen) atoms. The molecule has 11 heteroatoms. The van der Waals surface area contributed by atoms with Crippen LogP contribution < -0.4 is 24.8 Å². The third-order valence-corrected chi connectivity index (χ3v) is 6.01. The zero-order valence-electron chi connectivity index (χ0n) is 24.5. The van der Waals surface area contributed by atoms with Gasteiger partial charge in [0.25, 0.3) is 11.8 Å². The highest BCUT2D eigenvalue weighted by Gasteiger charge is 2.18. The molecule has 4 aromatic carbocycles. The molecule has 0 saturated heterocycles. The Labute approximate surface area is 258 Å². The topological polar surface area (TPSA) is 154 Å². The minimum absolute atomic E-state index is 0.00576. The molecule has 0 aliphatic carbocycles. The Morgan fingerprint density at radius 3 is 1.36 bits per heavy atom. The monoisotopic (exact) mass is 608 g/mol. The lowest BCUT2D eigenvalue weighted by atomic mass is 9.97. The van der Waals surface area contributed by atoms with Gasteiger partial charge in [0.15, 0.2) is 5.78 Å². The van der Waals surface area contributed by atoms with Crippen molar-refractivity contribution in [2.75, 3.05) is 10.6 Å². The standard InChI is InChI=1S/C34H28N2O9/c1-20(37)43-29-10-4-7-23(13-29)14-32(40)24-15-25(33(41)35-27-8-5-11-30(18-27)44-21(2)38)17-26(16-24)34(42)36-28-9-6-12-31(19-28)45-22(3)39/h4-13,15-19H,14H2,1-3H3,(H,35,41)(H,36,42). The Hall–Kier alpha value is -6.10. The van der Waals surface area contributed by atoms with Crippen LogP contribution in [0.15, 0.2) is 91.0 Å². The van der Waals surface area contributed by atoms with E-state index in [1.165, 1.54) is 51.1 Å². The van der Waals surface area contributed by atoms with Crippen LogP contribution in [0.1, 0.15) is 57.4 Å². The molecule has 0 unspecified atom stereocenters.